The lowest BCUT2D eigenvalue weighted by Crippen LogP contribution is -2.44. The van der Waals surface area contributed by atoms with E-state index in [1.165, 1.54) is 25.0 Å². The minimum absolute atomic E-state index is 0.201. The third kappa shape index (κ3) is 3.40. The van der Waals surface area contributed by atoms with Crippen LogP contribution in [0.1, 0.15) is 5.69 Å². The minimum atomic E-state index is -0.851. The van der Waals surface area contributed by atoms with Crippen LogP contribution in [0.3, 0.4) is 0 Å². The van der Waals surface area contributed by atoms with Crippen LogP contribution in [0.4, 0.5) is 5.69 Å². The van der Waals surface area contributed by atoms with E-state index in [1.54, 1.807) is 36.4 Å². The second-order valence-electron chi connectivity index (χ2n) is 5.10. The zero-order chi connectivity index (χ0) is 18.7. The van der Waals surface area contributed by atoms with E-state index in [0.717, 1.165) is 0 Å². The van der Waals surface area contributed by atoms with Gasteiger partial charge in [-0.2, -0.15) is 0 Å². The Morgan fingerprint density at radius 3 is 2.58 bits per heavy atom. The summed E-state index contributed by atoms with van der Waals surface area (Å²) >= 11 is 5.94. The highest BCUT2D eigenvalue weighted by Gasteiger charge is 2.24. The highest BCUT2D eigenvalue weighted by Crippen LogP contribution is 2.30. The van der Waals surface area contributed by atoms with Gasteiger partial charge in [-0.25, -0.2) is 4.79 Å². The highest BCUT2D eigenvalue weighted by molar-refractivity contribution is 6.30. The summed E-state index contributed by atoms with van der Waals surface area (Å²) in [5.74, 6) is 0.163. The van der Waals surface area contributed by atoms with Gasteiger partial charge in [0.1, 0.15) is 17.2 Å². The topological polar surface area (TPSA) is 104 Å². The van der Waals surface area contributed by atoms with E-state index in [4.69, 9.17) is 25.6 Å². The standard InChI is InChI=1S/C17H14ClN3O5/c1-24-12-6-4-11(5-7-12)21-15(17(23)26-20-21)16(22)19-13-9-10(18)3-8-14(13)25-2/h3-9H,1-2H3,(H-,19,20,22,23). The Bertz CT molecular complexity index is 1010. The summed E-state index contributed by atoms with van der Waals surface area (Å²) in [5, 5.41) is 15.4. The lowest BCUT2D eigenvalue weighted by Gasteiger charge is -2.08. The molecule has 0 spiro atoms. The van der Waals surface area contributed by atoms with Crippen molar-refractivity contribution < 1.29 is 23.8 Å². The first-order valence-corrected chi connectivity index (χ1v) is 7.79. The van der Waals surface area contributed by atoms with Crippen molar-refractivity contribution in [1.82, 2.24) is 5.27 Å². The van der Waals surface area contributed by atoms with Crippen molar-refractivity contribution in [2.45, 2.75) is 0 Å². The maximum absolute atomic E-state index is 12.6. The van der Waals surface area contributed by atoms with Crippen LogP contribution in [0.5, 0.6) is 11.5 Å². The van der Waals surface area contributed by atoms with Gasteiger partial charge in [0.2, 0.25) is 5.69 Å². The van der Waals surface area contributed by atoms with Gasteiger partial charge in [0, 0.05) is 17.2 Å². The fraction of sp³-hybridized carbons (Fsp3) is 0.118. The normalized spacial score (nSPS) is 11.4. The minimum Gasteiger partial charge on any atom is -0.854 e. The first kappa shape index (κ1) is 17.6. The summed E-state index contributed by atoms with van der Waals surface area (Å²) in [6.07, 6.45) is 0. The van der Waals surface area contributed by atoms with Crippen molar-refractivity contribution in [1.29, 1.82) is 0 Å². The first-order chi connectivity index (χ1) is 12.5. The van der Waals surface area contributed by atoms with Crippen molar-refractivity contribution in [3.63, 3.8) is 0 Å². The van der Waals surface area contributed by atoms with Crippen LogP contribution in [0.25, 0.3) is 5.69 Å². The van der Waals surface area contributed by atoms with Crippen molar-refractivity contribution in [2.24, 2.45) is 4.99 Å². The SMILES string of the molecule is COc1ccc(-[n+]2[nH]oc(=O)c2C([O-])=Nc2cc(Cl)ccc2OC)cc1. The quantitative estimate of drug-likeness (QED) is 0.412. The van der Waals surface area contributed by atoms with E-state index >= 15 is 0 Å². The molecule has 8 nitrogen and oxygen atoms in total. The molecule has 0 fully saturated rings. The molecule has 0 amide bonds. The number of halogens is 1. The molecule has 0 aliphatic rings. The maximum Gasteiger partial charge on any atom is 0.436 e. The van der Waals surface area contributed by atoms with E-state index < -0.39 is 11.5 Å². The lowest BCUT2D eigenvalue weighted by atomic mass is 10.3. The third-order valence-corrected chi connectivity index (χ3v) is 3.78. The molecule has 0 saturated carbocycles. The average Bonchev–Trinajstić information content (AvgIpc) is 3.03. The van der Waals surface area contributed by atoms with E-state index in [9.17, 15) is 9.90 Å². The monoisotopic (exact) mass is 375 g/mol. The molecular formula is C17H14ClN3O5. The number of aromatic nitrogens is 2. The zero-order valence-corrected chi connectivity index (χ0v) is 14.6. The molecule has 9 heteroatoms. The summed E-state index contributed by atoms with van der Waals surface area (Å²) in [6, 6.07) is 11.3. The molecule has 1 heterocycles. The number of H-pyrrole nitrogens is 1. The molecule has 0 atom stereocenters. The molecule has 0 saturated heterocycles. The summed E-state index contributed by atoms with van der Waals surface area (Å²) in [7, 11) is 2.98. The molecule has 2 aromatic carbocycles. The number of aromatic amines is 1. The van der Waals surface area contributed by atoms with E-state index in [0.29, 0.717) is 22.2 Å². The number of nitrogens with zero attached hydrogens (tertiary/aromatic N) is 2. The van der Waals surface area contributed by atoms with Crippen LogP contribution in [0, 0.1) is 0 Å². The first-order valence-electron chi connectivity index (χ1n) is 7.41. The van der Waals surface area contributed by atoms with Crippen molar-refractivity contribution >= 4 is 23.2 Å². The summed E-state index contributed by atoms with van der Waals surface area (Å²) in [4.78, 5) is 15.9. The lowest BCUT2D eigenvalue weighted by molar-refractivity contribution is -0.673. The number of benzene rings is 2. The average molecular weight is 376 g/mol. The molecule has 1 aromatic heterocycles. The fourth-order valence-electron chi connectivity index (χ4n) is 2.28. The number of nitrogens with one attached hydrogen (secondary N) is 1. The predicted molar refractivity (Wildman–Crippen MR) is 91.6 cm³/mol. The van der Waals surface area contributed by atoms with Crippen molar-refractivity contribution in [3.8, 4) is 17.2 Å². The molecule has 0 aliphatic carbocycles. The van der Waals surface area contributed by atoms with Gasteiger partial charge < -0.3 is 14.6 Å². The van der Waals surface area contributed by atoms with Gasteiger partial charge in [0.25, 0.3) is 0 Å². The zero-order valence-electron chi connectivity index (χ0n) is 13.9. The Balaban J connectivity index is 2.08. The summed E-state index contributed by atoms with van der Waals surface area (Å²) in [5.41, 5.74) is -0.451. The second-order valence-corrected chi connectivity index (χ2v) is 5.53. The Morgan fingerprint density at radius 1 is 1.19 bits per heavy atom. The van der Waals surface area contributed by atoms with Crippen LogP contribution < -0.4 is 24.9 Å². The molecule has 3 aromatic rings. The van der Waals surface area contributed by atoms with Crippen LogP contribution in [0.2, 0.25) is 5.02 Å². The number of methoxy groups -OCH3 is 2. The van der Waals surface area contributed by atoms with Gasteiger partial charge in [-0.1, -0.05) is 11.6 Å². The smallest absolute Gasteiger partial charge is 0.436 e. The highest BCUT2D eigenvalue weighted by atomic mass is 35.5. The van der Waals surface area contributed by atoms with E-state index in [1.807, 2.05) is 0 Å². The van der Waals surface area contributed by atoms with Gasteiger partial charge in [-0.05, 0) is 40.3 Å². The van der Waals surface area contributed by atoms with Crippen LogP contribution in [-0.4, -0.2) is 25.4 Å². The molecule has 1 N–H and O–H groups in total. The Kier molecular flexibility index (Phi) is 4.94. The molecule has 134 valence electrons. The number of aliphatic imine (C=N–C) groups is 1. The maximum atomic E-state index is 12.6. The van der Waals surface area contributed by atoms with Crippen molar-refractivity contribution in [3.05, 3.63) is 63.6 Å². The number of rotatable bonds is 5. The van der Waals surface area contributed by atoms with E-state index in [-0.39, 0.29) is 11.4 Å². The molecular weight excluding hydrogens is 362 g/mol. The molecule has 26 heavy (non-hydrogen) atoms. The van der Waals surface area contributed by atoms with Gasteiger partial charge in [-0.3, -0.25) is 9.52 Å². The van der Waals surface area contributed by atoms with Gasteiger partial charge in [0.05, 0.1) is 20.1 Å². The molecule has 0 radical (unpaired) electrons. The number of ether oxygens (including phenoxy) is 2. The number of hydrogen-bond donors (Lipinski definition) is 1. The van der Waals surface area contributed by atoms with Crippen LogP contribution in [-0.2, 0) is 0 Å². The second kappa shape index (κ2) is 7.32. The third-order valence-electron chi connectivity index (χ3n) is 3.54. The largest absolute Gasteiger partial charge is 0.854 e. The van der Waals surface area contributed by atoms with Gasteiger partial charge in [-0.15, -0.1) is 0 Å². The Morgan fingerprint density at radius 2 is 1.92 bits per heavy atom. The van der Waals surface area contributed by atoms with Gasteiger partial charge in [0.15, 0.2) is 0 Å². The summed E-state index contributed by atoms with van der Waals surface area (Å²) < 4.78 is 16.2. The molecule has 0 aliphatic heterocycles. The predicted octanol–water partition coefficient (Wildman–Crippen LogP) is 1.35. The summed E-state index contributed by atoms with van der Waals surface area (Å²) in [6.45, 7) is 0. The fourth-order valence-corrected chi connectivity index (χ4v) is 2.45. The Labute approximate surface area is 152 Å². The Hall–Kier alpha value is -3.26. The number of hydrogen-bond acceptors (Lipinski definition) is 6. The van der Waals surface area contributed by atoms with Gasteiger partial charge >= 0.3 is 11.3 Å². The van der Waals surface area contributed by atoms with Crippen molar-refractivity contribution in [2.75, 3.05) is 14.2 Å². The van der Waals surface area contributed by atoms with Crippen LogP contribution >= 0.6 is 11.6 Å². The molecule has 0 bridgehead atoms. The molecule has 3 rings (SSSR count). The van der Waals surface area contributed by atoms with E-state index in [2.05, 4.69) is 10.3 Å². The molecule has 0 unspecified atom stereocenters. The van der Waals surface area contributed by atoms with Crippen LogP contribution in [0.15, 0.2) is 56.8 Å².